The molecule has 26 heavy (non-hydrogen) atoms. The number of halogens is 1. The van der Waals surface area contributed by atoms with Crippen molar-refractivity contribution in [2.45, 2.75) is 38.6 Å². The Hall–Kier alpha value is -1.55. The van der Waals surface area contributed by atoms with Crippen molar-refractivity contribution in [1.29, 1.82) is 0 Å². The predicted molar refractivity (Wildman–Crippen MR) is 107 cm³/mol. The summed E-state index contributed by atoms with van der Waals surface area (Å²) in [4.78, 5) is 2.41. The third-order valence-corrected chi connectivity index (χ3v) is 5.99. The van der Waals surface area contributed by atoms with Crippen molar-refractivity contribution in [1.82, 2.24) is 4.90 Å². The average Bonchev–Trinajstić information content (AvgIpc) is 2.67. The molecule has 0 aromatic heterocycles. The normalized spacial score (nSPS) is 17.3. The molecule has 0 unspecified atom stereocenters. The second-order valence-electron chi connectivity index (χ2n) is 7.56. The third-order valence-electron chi connectivity index (χ3n) is 5.69. The van der Waals surface area contributed by atoms with E-state index in [0.717, 1.165) is 57.3 Å². The van der Waals surface area contributed by atoms with E-state index in [9.17, 15) is 10.2 Å². The molecule has 140 valence electrons. The maximum atomic E-state index is 10.0. The largest absolute Gasteiger partial charge is 0.506 e. The first-order valence-electron chi connectivity index (χ1n) is 9.45. The van der Waals surface area contributed by atoms with Gasteiger partial charge in [0.25, 0.3) is 0 Å². The second kappa shape index (κ2) is 8.90. The summed E-state index contributed by atoms with van der Waals surface area (Å²) in [6.45, 7) is 3.10. The van der Waals surface area contributed by atoms with Crippen LogP contribution in [0.5, 0.6) is 5.75 Å². The van der Waals surface area contributed by atoms with Crippen LogP contribution in [0, 0.1) is 5.41 Å². The topological polar surface area (TPSA) is 43.7 Å². The maximum absolute atomic E-state index is 10.0. The van der Waals surface area contributed by atoms with Gasteiger partial charge >= 0.3 is 0 Å². The molecule has 0 aliphatic carbocycles. The van der Waals surface area contributed by atoms with E-state index in [1.54, 1.807) is 6.07 Å². The van der Waals surface area contributed by atoms with Crippen LogP contribution in [0.2, 0.25) is 5.02 Å². The van der Waals surface area contributed by atoms with E-state index in [1.807, 2.05) is 12.1 Å². The summed E-state index contributed by atoms with van der Waals surface area (Å²) >= 11 is 6.01. The summed E-state index contributed by atoms with van der Waals surface area (Å²) < 4.78 is 0. The number of aliphatic hydroxyl groups excluding tert-OH is 1. The van der Waals surface area contributed by atoms with Gasteiger partial charge in [0, 0.05) is 13.2 Å². The average molecular weight is 374 g/mol. The van der Waals surface area contributed by atoms with Crippen LogP contribution in [0.1, 0.15) is 36.8 Å². The number of benzene rings is 2. The lowest BCUT2D eigenvalue weighted by molar-refractivity contribution is 0.0330. The zero-order valence-corrected chi connectivity index (χ0v) is 16.0. The Labute approximate surface area is 161 Å². The smallest absolute Gasteiger partial charge is 0.134 e. The zero-order valence-electron chi connectivity index (χ0n) is 15.2. The highest BCUT2D eigenvalue weighted by atomic mass is 35.5. The fourth-order valence-electron chi connectivity index (χ4n) is 3.89. The molecule has 0 saturated carbocycles. The first-order chi connectivity index (χ1) is 12.6. The van der Waals surface area contributed by atoms with Crippen molar-refractivity contribution >= 4 is 11.6 Å². The maximum Gasteiger partial charge on any atom is 0.134 e. The Bertz CT molecular complexity index is 697. The molecule has 1 heterocycles. The van der Waals surface area contributed by atoms with Gasteiger partial charge in [-0.3, -0.25) is 4.90 Å². The minimum atomic E-state index is 0.0673. The van der Waals surface area contributed by atoms with Gasteiger partial charge in [-0.15, -0.1) is 0 Å². The number of rotatable bonds is 7. The molecule has 1 aliphatic heterocycles. The minimum Gasteiger partial charge on any atom is -0.506 e. The fraction of sp³-hybridized carbons (Fsp3) is 0.455. The predicted octanol–water partition coefficient (Wildman–Crippen LogP) is 4.64. The highest BCUT2D eigenvalue weighted by Gasteiger charge is 2.33. The molecule has 0 atom stereocenters. The van der Waals surface area contributed by atoms with Crippen LogP contribution in [-0.4, -0.2) is 34.8 Å². The first-order valence-corrected chi connectivity index (χ1v) is 9.83. The molecule has 2 aromatic rings. The van der Waals surface area contributed by atoms with E-state index in [2.05, 4.69) is 35.2 Å². The molecule has 0 radical (unpaired) electrons. The Morgan fingerprint density at radius 1 is 1.00 bits per heavy atom. The summed E-state index contributed by atoms with van der Waals surface area (Å²) in [5.41, 5.74) is 2.56. The van der Waals surface area contributed by atoms with E-state index < -0.39 is 0 Å². The molecule has 0 amide bonds. The molecular weight excluding hydrogens is 346 g/mol. The second-order valence-corrected chi connectivity index (χ2v) is 7.97. The van der Waals surface area contributed by atoms with Crippen LogP contribution in [0.25, 0.3) is 0 Å². The van der Waals surface area contributed by atoms with Crippen molar-refractivity contribution < 1.29 is 10.2 Å². The van der Waals surface area contributed by atoms with Gasteiger partial charge in [-0.25, -0.2) is 0 Å². The van der Waals surface area contributed by atoms with Gasteiger partial charge in [0.1, 0.15) is 5.75 Å². The lowest BCUT2D eigenvalue weighted by Crippen LogP contribution is -2.41. The number of aromatic hydroxyl groups is 1. The molecule has 1 saturated heterocycles. The summed E-state index contributed by atoms with van der Waals surface area (Å²) in [5.74, 6) is 0.131. The molecular formula is C22H28ClNO2. The van der Waals surface area contributed by atoms with Gasteiger partial charge in [-0.2, -0.15) is 0 Å². The van der Waals surface area contributed by atoms with Gasteiger partial charge in [0.05, 0.1) is 5.02 Å². The van der Waals surface area contributed by atoms with Crippen LogP contribution < -0.4 is 0 Å². The minimum absolute atomic E-state index is 0.0673. The zero-order chi connectivity index (χ0) is 18.4. The number of phenols is 1. The van der Waals surface area contributed by atoms with Gasteiger partial charge in [-0.1, -0.05) is 48.0 Å². The number of nitrogens with zero attached hydrogens (tertiary/aromatic N) is 1. The molecule has 4 heteroatoms. The van der Waals surface area contributed by atoms with Gasteiger partial charge in [0.2, 0.25) is 0 Å². The number of likely N-dealkylation sites (tertiary alicyclic amines) is 1. The third kappa shape index (κ3) is 5.00. The van der Waals surface area contributed by atoms with Gasteiger partial charge < -0.3 is 10.2 Å². The van der Waals surface area contributed by atoms with Gasteiger partial charge in [0.15, 0.2) is 0 Å². The first kappa shape index (κ1) is 19.2. The summed E-state index contributed by atoms with van der Waals surface area (Å²) in [6, 6.07) is 16.0. The van der Waals surface area contributed by atoms with Crippen molar-refractivity contribution in [3.8, 4) is 5.75 Å². The number of hydrogen-bond donors (Lipinski definition) is 2. The number of aryl methyl sites for hydroxylation is 1. The Kier molecular flexibility index (Phi) is 6.58. The Balaban J connectivity index is 1.49. The van der Waals surface area contributed by atoms with E-state index in [1.165, 1.54) is 5.56 Å². The van der Waals surface area contributed by atoms with Crippen molar-refractivity contribution in [3.63, 3.8) is 0 Å². The van der Waals surface area contributed by atoms with E-state index in [-0.39, 0.29) is 17.8 Å². The molecule has 3 rings (SSSR count). The quantitative estimate of drug-likeness (QED) is 0.742. The SMILES string of the molecule is OCC1(CCCc2ccccc2)CCN(Cc2ccc(O)c(Cl)c2)CC1. The Morgan fingerprint density at radius 3 is 2.38 bits per heavy atom. The number of aliphatic hydroxyl groups is 1. The number of piperidine rings is 1. The molecule has 0 spiro atoms. The molecule has 0 bridgehead atoms. The molecule has 3 nitrogen and oxygen atoms in total. The Morgan fingerprint density at radius 2 is 1.73 bits per heavy atom. The van der Waals surface area contributed by atoms with E-state index in [4.69, 9.17) is 11.6 Å². The number of phenolic OH excluding ortho intramolecular Hbond substituents is 1. The van der Waals surface area contributed by atoms with Crippen LogP contribution >= 0.6 is 11.6 Å². The van der Waals surface area contributed by atoms with Crippen LogP contribution in [0.3, 0.4) is 0 Å². The van der Waals surface area contributed by atoms with E-state index in [0.29, 0.717) is 5.02 Å². The monoisotopic (exact) mass is 373 g/mol. The molecule has 1 fully saturated rings. The highest BCUT2D eigenvalue weighted by Crippen LogP contribution is 2.36. The lowest BCUT2D eigenvalue weighted by atomic mass is 9.75. The van der Waals surface area contributed by atoms with E-state index >= 15 is 0 Å². The summed E-state index contributed by atoms with van der Waals surface area (Å²) in [6.07, 6.45) is 5.35. The van der Waals surface area contributed by atoms with Crippen LogP contribution in [-0.2, 0) is 13.0 Å². The van der Waals surface area contributed by atoms with Gasteiger partial charge in [-0.05, 0) is 73.9 Å². The summed E-state index contributed by atoms with van der Waals surface area (Å²) in [7, 11) is 0. The standard InChI is InChI=1S/C22H28ClNO2/c23-20-15-19(8-9-21(20)26)16-24-13-11-22(17-25,12-14-24)10-4-7-18-5-2-1-3-6-18/h1-3,5-6,8-9,15,25-26H,4,7,10-14,16-17H2. The number of hydrogen-bond acceptors (Lipinski definition) is 3. The van der Waals surface area contributed by atoms with Crippen LogP contribution in [0.4, 0.5) is 0 Å². The molecule has 2 aromatic carbocycles. The fourth-order valence-corrected chi connectivity index (χ4v) is 4.09. The molecule has 2 N–H and O–H groups in total. The van der Waals surface area contributed by atoms with Crippen molar-refractivity contribution in [2.75, 3.05) is 19.7 Å². The van der Waals surface area contributed by atoms with Crippen LogP contribution in [0.15, 0.2) is 48.5 Å². The lowest BCUT2D eigenvalue weighted by Gasteiger charge is -2.41. The van der Waals surface area contributed by atoms with Crippen molar-refractivity contribution in [3.05, 3.63) is 64.7 Å². The van der Waals surface area contributed by atoms with Crippen molar-refractivity contribution in [2.24, 2.45) is 5.41 Å². The highest BCUT2D eigenvalue weighted by molar-refractivity contribution is 6.32. The molecule has 1 aliphatic rings. The summed E-state index contributed by atoms with van der Waals surface area (Å²) in [5, 5.41) is 20.0.